The topological polar surface area (TPSA) is 141 Å². The summed E-state index contributed by atoms with van der Waals surface area (Å²) in [6.45, 7) is 13.5. The zero-order chi connectivity index (χ0) is 40.0. The molecule has 0 saturated carbocycles. The molecular formula is C31H46ClF2N7O7S2Si. The average molecular weight is 797 g/mol. The standard InChI is InChI=1S/C31H46ClF2N7O7S2Si/c1-30(2,3)48-29(42)39-10-9-38(14-20(39)16-45-5)22-13-21(15-40-23(22)24(32)35-26(40)28-37-36-27(49-28)25(33)34)50(43,44)41(31(4)17-47-18-31)19-46-11-12-51(6,7)8/h13,15,20,25H,9-12,14,16-19H2,1-8H3/i5D3. The Bertz CT molecular complexity index is 1940. The number of aromatic nitrogens is 4. The molecule has 0 spiro atoms. The molecule has 1 amide bonds. The molecule has 0 bridgehead atoms. The first-order chi connectivity index (χ1) is 24.9. The van der Waals surface area contributed by atoms with Gasteiger partial charge < -0.3 is 23.8 Å². The SMILES string of the molecule is [2H]C([2H])([2H])OCC1CN(c2cc(S(=O)(=O)N(COCC[Si](C)(C)C)C3(C)COC3)cn3c(-c4nnc(C(F)F)s4)nc(Cl)c23)CCN1C(=O)OC(C)(C)C. The Balaban J connectivity index is 1.63. The van der Waals surface area contributed by atoms with Crippen LogP contribution in [0.1, 0.15) is 43.2 Å². The van der Waals surface area contributed by atoms with Gasteiger partial charge in [0.2, 0.25) is 10.0 Å². The van der Waals surface area contributed by atoms with Crippen LogP contribution in [0.25, 0.3) is 16.3 Å². The summed E-state index contributed by atoms with van der Waals surface area (Å²) in [5.74, 6) is -0.0245. The van der Waals surface area contributed by atoms with Crippen LogP contribution in [0.5, 0.6) is 0 Å². The monoisotopic (exact) mass is 796 g/mol. The molecular weight excluding hydrogens is 748 g/mol. The first kappa shape index (κ1) is 35.5. The highest BCUT2D eigenvalue weighted by molar-refractivity contribution is 7.89. The molecule has 20 heteroatoms. The molecule has 0 N–H and O–H groups in total. The Morgan fingerprint density at radius 2 is 2.00 bits per heavy atom. The van der Waals surface area contributed by atoms with Crippen molar-refractivity contribution in [3.05, 3.63) is 22.4 Å². The highest BCUT2D eigenvalue weighted by Gasteiger charge is 2.47. The predicted octanol–water partition coefficient (Wildman–Crippen LogP) is 5.61. The summed E-state index contributed by atoms with van der Waals surface area (Å²) < 4.78 is 104. The number of carbonyl (C=O) groups excluding carboxylic acids is 1. The molecule has 0 aromatic carbocycles. The van der Waals surface area contributed by atoms with Crippen molar-refractivity contribution in [2.24, 2.45) is 0 Å². The largest absolute Gasteiger partial charge is 0.444 e. The number of nitrogens with zero attached hydrogens (tertiary/aromatic N) is 7. The van der Waals surface area contributed by atoms with Crippen LogP contribution in [-0.4, -0.2) is 128 Å². The van der Waals surface area contributed by atoms with Crippen LogP contribution in [0, 0.1) is 0 Å². The van der Waals surface area contributed by atoms with Gasteiger partial charge in [0.05, 0.1) is 41.2 Å². The molecule has 0 aliphatic carbocycles. The highest BCUT2D eigenvalue weighted by Crippen LogP contribution is 2.39. The van der Waals surface area contributed by atoms with Crippen molar-refractivity contribution in [2.75, 3.05) is 64.7 Å². The fraction of sp³-hybridized carbons (Fsp3) is 0.677. The molecule has 5 heterocycles. The van der Waals surface area contributed by atoms with Crippen molar-refractivity contribution in [1.29, 1.82) is 0 Å². The number of hydrogen-bond donors (Lipinski definition) is 0. The number of rotatable bonds is 13. The van der Waals surface area contributed by atoms with E-state index in [0.29, 0.717) is 17.9 Å². The summed E-state index contributed by atoms with van der Waals surface area (Å²) in [4.78, 5) is 20.6. The van der Waals surface area contributed by atoms with Gasteiger partial charge in [-0.05, 0) is 39.8 Å². The third kappa shape index (κ3) is 8.83. The van der Waals surface area contributed by atoms with Crippen molar-refractivity contribution in [1.82, 2.24) is 28.8 Å². The minimum Gasteiger partial charge on any atom is -0.444 e. The number of amides is 1. The summed E-state index contributed by atoms with van der Waals surface area (Å²) in [6, 6.07) is 1.37. The minimum absolute atomic E-state index is 0.0245. The number of carbonyl (C=O) groups is 1. The van der Waals surface area contributed by atoms with Gasteiger partial charge in [0.25, 0.3) is 6.43 Å². The van der Waals surface area contributed by atoms with E-state index < -0.39 is 66.5 Å². The quantitative estimate of drug-likeness (QED) is 0.121. The zero-order valence-corrected chi connectivity index (χ0v) is 33.0. The van der Waals surface area contributed by atoms with Gasteiger partial charge in [-0.3, -0.25) is 9.30 Å². The van der Waals surface area contributed by atoms with E-state index in [0.717, 1.165) is 6.04 Å². The summed E-state index contributed by atoms with van der Waals surface area (Å²) in [6.07, 6.45) is -2.28. The van der Waals surface area contributed by atoms with Gasteiger partial charge in [-0.1, -0.05) is 42.6 Å². The van der Waals surface area contributed by atoms with Crippen LogP contribution in [0.4, 0.5) is 19.3 Å². The summed E-state index contributed by atoms with van der Waals surface area (Å²) in [7, 11) is -8.66. The van der Waals surface area contributed by atoms with Crippen LogP contribution in [0.2, 0.25) is 30.8 Å². The number of anilines is 1. The third-order valence-electron chi connectivity index (χ3n) is 8.41. The number of alkyl halides is 2. The average Bonchev–Trinajstić information content (AvgIpc) is 3.65. The minimum atomic E-state index is -4.39. The first-order valence-electron chi connectivity index (χ1n) is 17.8. The number of methoxy groups -OCH3 is 1. The number of halogens is 3. The predicted molar refractivity (Wildman–Crippen MR) is 192 cm³/mol. The molecule has 284 valence electrons. The fourth-order valence-electron chi connectivity index (χ4n) is 5.66. The van der Waals surface area contributed by atoms with E-state index in [9.17, 15) is 22.0 Å². The van der Waals surface area contributed by atoms with Crippen LogP contribution < -0.4 is 4.90 Å². The lowest BCUT2D eigenvalue weighted by Gasteiger charge is -2.45. The Hall–Kier alpha value is -2.52. The second kappa shape index (κ2) is 15.1. The van der Waals surface area contributed by atoms with Crippen molar-refractivity contribution >= 4 is 58.3 Å². The smallest absolute Gasteiger partial charge is 0.410 e. The molecule has 5 rings (SSSR count). The van der Waals surface area contributed by atoms with Crippen molar-refractivity contribution in [3.8, 4) is 10.8 Å². The molecule has 0 radical (unpaired) electrons. The summed E-state index contributed by atoms with van der Waals surface area (Å²) in [5, 5.41) is 6.80. The van der Waals surface area contributed by atoms with E-state index in [-0.39, 0.29) is 71.7 Å². The van der Waals surface area contributed by atoms with E-state index in [1.54, 1.807) is 32.6 Å². The van der Waals surface area contributed by atoms with Crippen LogP contribution >= 0.6 is 22.9 Å². The molecule has 2 saturated heterocycles. The molecule has 14 nitrogen and oxygen atoms in total. The molecule has 1 unspecified atom stereocenters. The van der Waals surface area contributed by atoms with Gasteiger partial charge in [-0.25, -0.2) is 27.0 Å². The second-order valence-electron chi connectivity index (χ2n) is 15.0. The zero-order valence-electron chi connectivity index (χ0n) is 32.6. The number of pyridine rings is 1. The number of sulfonamides is 1. The van der Waals surface area contributed by atoms with Crippen LogP contribution in [-0.2, 0) is 29.0 Å². The number of imidazole rings is 1. The maximum absolute atomic E-state index is 14.8. The van der Waals surface area contributed by atoms with Crippen molar-refractivity contribution in [2.45, 2.75) is 81.9 Å². The van der Waals surface area contributed by atoms with E-state index in [2.05, 4.69) is 34.8 Å². The van der Waals surface area contributed by atoms with Crippen molar-refractivity contribution < 1.29 is 45.1 Å². The van der Waals surface area contributed by atoms with Gasteiger partial charge in [0.1, 0.15) is 22.7 Å². The lowest BCUT2D eigenvalue weighted by atomic mass is 10.0. The lowest BCUT2D eigenvalue weighted by Crippen LogP contribution is -2.62. The van der Waals surface area contributed by atoms with Gasteiger partial charge in [0, 0.05) is 47.5 Å². The van der Waals surface area contributed by atoms with Gasteiger partial charge in [0.15, 0.2) is 21.0 Å². The second-order valence-corrected chi connectivity index (χ2v) is 23.9. The number of ether oxygens (including phenoxy) is 4. The molecule has 2 aliphatic rings. The lowest BCUT2D eigenvalue weighted by molar-refractivity contribution is -0.124. The number of hydrogen-bond acceptors (Lipinski definition) is 12. The Morgan fingerprint density at radius 1 is 1.27 bits per heavy atom. The number of piperazine rings is 1. The maximum atomic E-state index is 14.8. The number of fused-ring (bicyclic) bond motifs is 1. The third-order valence-corrected chi connectivity index (χ3v) is 13.3. The first-order valence-corrected chi connectivity index (χ1v) is 22.6. The Kier molecular flexibility index (Phi) is 10.5. The summed E-state index contributed by atoms with van der Waals surface area (Å²) >= 11 is 7.34. The van der Waals surface area contributed by atoms with Gasteiger partial charge in [-0.2, -0.15) is 4.31 Å². The fourth-order valence-corrected chi connectivity index (χ4v) is 9.02. The normalized spacial score (nSPS) is 19.7. The Labute approximate surface area is 311 Å². The molecule has 3 aromatic rings. The van der Waals surface area contributed by atoms with E-state index in [4.69, 9.17) is 34.7 Å². The van der Waals surface area contributed by atoms with Gasteiger partial charge in [-0.15, -0.1) is 10.2 Å². The summed E-state index contributed by atoms with van der Waals surface area (Å²) in [5.41, 5.74) is -1.31. The van der Waals surface area contributed by atoms with Crippen LogP contribution in [0.15, 0.2) is 17.2 Å². The molecule has 1 atom stereocenters. The molecule has 2 fully saturated rings. The van der Waals surface area contributed by atoms with E-state index in [1.165, 1.54) is 25.9 Å². The molecule has 51 heavy (non-hydrogen) atoms. The highest BCUT2D eigenvalue weighted by atomic mass is 35.5. The van der Waals surface area contributed by atoms with E-state index >= 15 is 0 Å². The van der Waals surface area contributed by atoms with Crippen molar-refractivity contribution in [3.63, 3.8) is 0 Å². The molecule has 3 aromatic heterocycles. The Morgan fingerprint density at radius 3 is 2.59 bits per heavy atom. The maximum Gasteiger partial charge on any atom is 0.410 e. The van der Waals surface area contributed by atoms with Gasteiger partial charge >= 0.3 is 6.09 Å². The molecule has 2 aliphatic heterocycles. The van der Waals surface area contributed by atoms with E-state index in [1.807, 2.05) is 0 Å². The van der Waals surface area contributed by atoms with Crippen LogP contribution in [0.3, 0.4) is 0 Å².